The number of para-hydroxylation sites is 2. The number of aromatic nitrogens is 6. The predicted octanol–water partition coefficient (Wildman–Crippen LogP) is 2.95. The molecular weight excluding hydrogens is 496 g/mol. The Morgan fingerprint density at radius 1 is 1.05 bits per heavy atom. The summed E-state index contributed by atoms with van der Waals surface area (Å²) in [5, 5.41) is 10.5. The Balaban J connectivity index is 1.47. The molecule has 206 valence electrons. The summed E-state index contributed by atoms with van der Waals surface area (Å²) < 4.78 is 9.48. The van der Waals surface area contributed by atoms with Gasteiger partial charge in [0.05, 0.1) is 29.8 Å². The Labute approximate surface area is 227 Å². The molecule has 1 amide bonds. The van der Waals surface area contributed by atoms with E-state index < -0.39 is 5.60 Å². The number of imidazole rings is 2. The molecule has 5 heterocycles. The number of piperidine rings is 1. The van der Waals surface area contributed by atoms with Gasteiger partial charge in [-0.15, -0.1) is 0 Å². The molecule has 1 aromatic carbocycles. The van der Waals surface area contributed by atoms with Crippen LogP contribution in [0.3, 0.4) is 0 Å². The van der Waals surface area contributed by atoms with Crippen molar-refractivity contribution < 1.29 is 14.6 Å². The Morgan fingerprint density at radius 2 is 1.77 bits per heavy atom. The number of hydrogen-bond donors (Lipinski definition) is 1. The van der Waals surface area contributed by atoms with Gasteiger partial charge in [0.25, 0.3) is 5.91 Å². The van der Waals surface area contributed by atoms with Gasteiger partial charge in [0.2, 0.25) is 11.8 Å². The average molecular weight is 533 g/mol. The minimum absolute atomic E-state index is 0.109. The molecule has 0 spiro atoms. The fourth-order valence-electron chi connectivity index (χ4n) is 5.86. The van der Waals surface area contributed by atoms with Crippen molar-refractivity contribution in [3.8, 4) is 5.95 Å². The third-order valence-corrected chi connectivity index (χ3v) is 8.09. The SMILES string of the molecule is CCn1c(C(=O)N2CCC(C(C)(C)O)CC2)nc2c(N3CCOCC3)nc(-n3c(C)nc4ccccc43)nc21. The van der Waals surface area contributed by atoms with Gasteiger partial charge in [-0.3, -0.25) is 9.36 Å². The molecule has 4 aromatic rings. The molecule has 2 fully saturated rings. The molecule has 6 rings (SSSR count). The lowest BCUT2D eigenvalue weighted by molar-refractivity contribution is -0.0110. The highest BCUT2D eigenvalue weighted by Gasteiger charge is 2.34. The van der Waals surface area contributed by atoms with Crippen molar-refractivity contribution in [2.24, 2.45) is 5.92 Å². The fourth-order valence-corrected chi connectivity index (χ4v) is 5.86. The van der Waals surface area contributed by atoms with Crippen LogP contribution in [0.4, 0.5) is 5.82 Å². The van der Waals surface area contributed by atoms with Crippen LogP contribution in [-0.2, 0) is 11.3 Å². The van der Waals surface area contributed by atoms with E-state index in [0.717, 1.165) is 29.7 Å². The minimum Gasteiger partial charge on any atom is -0.390 e. The number of rotatable bonds is 5. The van der Waals surface area contributed by atoms with Gasteiger partial charge in [-0.25, -0.2) is 9.97 Å². The van der Waals surface area contributed by atoms with Crippen molar-refractivity contribution in [3.63, 3.8) is 0 Å². The number of anilines is 1. The van der Waals surface area contributed by atoms with Crippen LogP contribution in [0.1, 0.15) is 50.1 Å². The number of amides is 1. The zero-order valence-corrected chi connectivity index (χ0v) is 23.1. The smallest absolute Gasteiger partial charge is 0.289 e. The quantitative estimate of drug-likeness (QED) is 0.417. The van der Waals surface area contributed by atoms with E-state index in [1.807, 2.05) is 66.0 Å². The van der Waals surface area contributed by atoms with Crippen molar-refractivity contribution in [3.05, 3.63) is 35.9 Å². The van der Waals surface area contributed by atoms with Crippen LogP contribution in [0, 0.1) is 12.8 Å². The summed E-state index contributed by atoms with van der Waals surface area (Å²) in [7, 11) is 0. The van der Waals surface area contributed by atoms with Crippen molar-refractivity contribution in [2.45, 2.75) is 52.7 Å². The van der Waals surface area contributed by atoms with E-state index in [4.69, 9.17) is 24.7 Å². The highest BCUT2D eigenvalue weighted by Crippen LogP contribution is 2.31. The normalized spacial score (nSPS) is 17.5. The predicted molar refractivity (Wildman–Crippen MR) is 148 cm³/mol. The van der Waals surface area contributed by atoms with Gasteiger partial charge in [0.1, 0.15) is 5.82 Å². The summed E-state index contributed by atoms with van der Waals surface area (Å²) in [6.07, 6.45) is 1.52. The highest BCUT2D eigenvalue weighted by molar-refractivity contribution is 5.96. The molecule has 1 N–H and O–H groups in total. The molecule has 2 aliphatic heterocycles. The number of morpholine rings is 1. The van der Waals surface area contributed by atoms with E-state index in [0.29, 0.717) is 74.7 Å². The summed E-state index contributed by atoms with van der Waals surface area (Å²) in [5.74, 6) is 2.44. The average Bonchev–Trinajstić information content (AvgIpc) is 3.48. The molecule has 39 heavy (non-hydrogen) atoms. The standard InChI is InChI=1S/C28H36N8O3/c1-5-35-24-22(30-25(35)26(37)34-12-10-19(11-13-34)28(3,4)38)23(33-14-16-39-17-15-33)31-27(32-24)36-18(2)29-20-8-6-7-9-21(20)36/h6-9,19,38H,5,10-17H2,1-4H3. The lowest BCUT2D eigenvalue weighted by atomic mass is 9.83. The van der Waals surface area contributed by atoms with Gasteiger partial charge < -0.3 is 24.2 Å². The zero-order chi connectivity index (χ0) is 27.3. The number of hydrogen-bond acceptors (Lipinski definition) is 8. The summed E-state index contributed by atoms with van der Waals surface area (Å²) in [6.45, 7) is 11.9. The number of nitrogens with zero attached hydrogens (tertiary/aromatic N) is 8. The van der Waals surface area contributed by atoms with Crippen molar-refractivity contribution in [1.82, 2.24) is 34.0 Å². The number of carbonyl (C=O) groups is 1. The summed E-state index contributed by atoms with van der Waals surface area (Å²) in [6, 6.07) is 7.95. The van der Waals surface area contributed by atoms with Gasteiger partial charge in [-0.05, 0) is 58.6 Å². The van der Waals surface area contributed by atoms with Gasteiger partial charge in [-0.1, -0.05) is 12.1 Å². The number of aliphatic hydroxyl groups is 1. The lowest BCUT2D eigenvalue weighted by Gasteiger charge is -2.37. The molecule has 11 heteroatoms. The zero-order valence-electron chi connectivity index (χ0n) is 23.1. The van der Waals surface area contributed by atoms with Crippen LogP contribution >= 0.6 is 0 Å². The van der Waals surface area contributed by atoms with E-state index in [1.165, 1.54) is 0 Å². The molecule has 0 radical (unpaired) electrons. The Bertz CT molecular complexity index is 1520. The number of carbonyl (C=O) groups excluding carboxylic acids is 1. The van der Waals surface area contributed by atoms with Crippen molar-refractivity contribution in [2.75, 3.05) is 44.3 Å². The molecular formula is C28H36N8O3. The van der Waals surface area contributed by atoms with Gasteiger partial charge >= 0.3 is 0 Å². The fraction of sp³-hybridized carbons (Fsp3) is 0.536. The van der Waals surface area contributed by atoms with E-state index in [2.05, 4.69) is 4.90 Å². The monoisotopic (exact) mass is 532 g/mol. The van der Waals surface area contributed by atoms with E-state index >= 15 is 0 Å². The van der Waals surface area contributed by atoms with Gasteiger partial charge in [0.15, 0.2) is 17.0 Å². The topological polar surface area (TPSA) is 114 Å². The van der Waals surface area contributed by atoms with E-state index in [9.17, 15) is 9.90 Å². The van der Waals surface area contributed by atoms with E-state index in [-0.39, 0.29) is 11.8 Å². The first-order valence-corrected chi connectivity index (χ1v) is 13.8. The van der Waals surface area contributed by atoms with Crippen LogP contribution in [0.25, 0.3) is 28.1 Å². The molecule has 0 atom stereocenters. The van der Waals surface area contributed by atoms with Crippen LogP contribution in [0.15, 0.2) is 24.3 Å². The number of likely N-dealkylation sites (tertiary alicyclic amines) is 1. The highest BCUT2D eigenvalue weighted by atomic mass is 16.5. The second kappa shape index (κ2) is 9.87. The van der Waals surface area contributed by atoms with Crippen LogP contribution in [-0.4, -0.2) is 90.0 Å². The number of ether oxygens (including phenoxy) is 1. The largest absolute Gasteiger partial charge is 0.390 e. The number of benzene rings is 1. The second-order valence-corrected chi connectivity index (χ2v) is 11.0. The van der Waals surface area contributed by atoms with Crippen molar-refractivity contribution >= 4 is 33.9 Å². The van der Waals surface area contributed by atoms with Crippen LogP contribution in [0.5, 0.6) is 0 Å². The molecule has 3 aromatic heterocycles. The molecule has 2 aliphatic rings. The molecule has 0 unspecified atom stereocenters. The van der Waals surface area contributed by atoms with Gasteiger partial charge in [-0.2, -0.15) is 9.97 Å². The number of aryl methyl sites for hydroxylation is 2. The maximum absolute atomic E-state index is 13.8. The Kier molecular flexibility index (Phi) is 6.50. The third-order valence-electron chi connectivity index (χ3n) is 8.09. The molecule has 2 saturated heterocycles. The summed E-state index contributed by atoms with van der Waals surface area (Å²) in [4.78, 5) is 37.5. The second-order valence-electron chi connectivity index (χ2n) is 11.0. The third kappa shape index (κ3) is 4.53. The summed E-state index contributed by atoms with van der Waals surface area (Å²) in [5.41, 5.74) is 2.31. The maximum Gasteiger partial charge on any atom is 0.289 e. The first-order chi connectivity index (χ1) is 18.8. The number of fused-ring (bicyclic) bond motifs is 2. The molecule has 0 saturated carbocycles. The Hall–Kier alpha value is -3.57. The summed E-state index contributed by atoms with van der Waals surface area (Å²) >= 11 is 0. The molecule has 0 bridgehead atoms. The molecule has 11 nitrogen and oxygen atoms in total. The maximum atomic E-state index is 13.8. The lowest BCUT2D eigenvalue weighted by Crippen LogP contribution is -2.44. The molecule has 0 aliphatic carbocycles. The van der Waals surface area contributed by atoms with Gasteiger partial charge in [0, 0.05) is 32.7 Å². The Morgan fingerprint density at radius 3 is 2.46 bits per heavy atom. The minimum atomic E-state index is -0.750. The first-order valence-electron chi connectivity index (χ1n) is 13.8. The van der Waals surface area contributed by atoms with Crippen LogP contribution < -0.4 is 4.90 Å². The van der Waals surface area contributed by atoms with E-state index in [1.54, 1.807) is 0 Å². The van der Waals surface area contributed by atoms with Crippen molar-refractivity contribution in [1.29, 1.82) is 0 Å². The first kappa shape index (κ1) is 25.7. The van der Waals surface area contributed by atoms with Crippen LogP contribution in [0.2, 0.25) is 0 Å².